The number of nitrogens with one attached hydrogen (secondary N) is 1. The molecule has 0 aliphatic heterocycles. The number of halogens is 3. The molecule has 1 aromatic carbocycles. The van der Waals surface area contributed by atoms with Crippen LogP contribution in [0.2, 0.25) is 0 Å². The normalized spacial score (nSPS) is 16.8. The largest absolute Gasteiger partial charge is 0.416 e. The van der Waals surface area contributed by atoms with Gasteiger partial charge in [0.25, 0.3) is 5.91 Å². The molecule has 1 heterocycles. The van der Waals surface area contributed by atoms with Crippen molar-refractivity contribution in [3.63, 3.8) is 0 Å². The third-order valence-electron chi connectivity index (χ3n) is 5.53. The molecule has 148 valence electrons. The van der Waals surface area contributed by atoms with Crippen LogP contribution in [0, 0.1) is 6.92 Å². The summed E-state index contributed by atoms with van der Waals surface area (Å²) in [6.45, 7) is 2.04. The molecule has 0 spiro atoms. The molecule has 2 aliphatic rings. The molecule has 0 bridgehead atoms. The van der Waals surface area contributed by atoms with E-state index in [2.05, 4.69) is 4.98 Å². The van der Waals surface area contributed by atoms with Gasteiger partial charge >= 0.3 is 6.18 Å². The Morgan fingerprint density at radius 2 is 1.86 bits per heavy atom. The summed E-state index contributed by atoms with van der Waals surface area (Å²) in [5.74, 6) is -0.128. The van der Waals surface area contributed by atoms with Crippen LogP contribution in [0.4, 0.5) is 13.2 Å². The predicted molar refractivity (Wildman–Crippen MR) is 97.1 cm³/mol. The van der Waals surface area contributed by atoms with Crippen LogP contribution in [0.3, 0.4) is 0 Å². The number of aromatic nitrogens is 1. The quantitative estimate of drug-likeness (QED) is 0.825. The van der Waals surface area contributed by atoms with E-state index < -0.39 is 11.7 Å². The summed E-state index contributed by atoms with van der Waals surface area (Å²) in [5, 5.41) is 0. The van der Waals surface area contributed by atoms with Gasteiger partial charge in [-0.1, -0.05) is 12.1 Å². The highest BCUT2D eigenvalue weighted by molar-refractivity contribution is 6.04. The maximum Gasteiger partial charge on any atom is 0.416 e. The Kier molecular flexibility index (Phi) is 4.56. The lowest BCUT2D eigenvalue weighted by atomic mass is 9.93. The first-order valence-corrected chi connectivity index (χ1v) is 9.47. The fourth-order valence-electron chi connectivity index (χ4n) is 3.88. The van der Waals surface area contributed by atoms with Crippen LogP contribution in [0.1, 0.15) is 68.9 Å². The summed E-state index contributed by atoms with van der Waals surface area (Å²) in [7, 11) is 0. The summed E-state index contributed by atoms with van der Waals surface area (Å²) >= 11 is 0. The highest BCUT2D eigenvalue weighted by Gasteiger charge is 2.36. The molecule has 1 aromatic heterocycles. The highest BCUT2D eigenvalue weighted by Crippen LogP contribution is 2.33. The molecular formula is C21H21F3N2O2. The first-order valence-electron chi connectivity index (χ1n) is 9.47. The third kappa shape index (κ3) is 3.45. The molecule has 7 heteroatoms. The lowest BCUT2D eigenvalue weighted by Crippen LogP contribution is -2.33. The van der Waals surface area contributed by atoms with Gasteiger partial charge in [-0.05, 0) is 55.9 Å². The van der Waals surface area contributed by atoms with Crippen LogP contribution in [0.5, 0.6) is 0 Å². The van der Waals surface area contributed by atoms with Gasteiger partial charge in [0.1, 0.15) is 5.69 Å². The van der Waals surface area contributed by atoms with E-state index in [0.29, 0.717) is 28.8 Å². The van der Waals surface area contributed by atoms with Crippen molar-refractivity contribution in [3.8, 4) is 0 Å². The number of H-pyrrole nitrogens is 1. The minimum atomic E-state index is -4.38. The number of rotatable bonds is 4. The van der Waals surface area contributed by atoms with Crippen LogP contribution >= 0.6 is 0 Å². The van der Waals surface area contributed by atoms with Gasteiger partial charge < -0.3 is 9.88 Å². The molecule has 1 fully saturated rings. The van der Waals surface area contributed by atoms with E-state index in [0.717, 1.165) is 43.5 Å². The van der Waals surface area contributed by atoms with Gasteiger partial charge in [0.05, 0.1) is 5.56 Å². The molecule has 0 unspecified atom stereocenters. The zero-order valence-corrected chi connectivity index (χ0v) is 15.5. The van der Waals surface area contributed by atoms with Crippen LogP contribution in [0.15, 0.2) is 24.3 Å². The summed E-state index contributed by atoms with van der Waals surface area (Å²) in [4.78, 5) is 30.3. The van der Waals surface area contributed by atoms with E-state index in [-0.39, 0.29) is 24.3 Å². The summed E-state index contributed by atoms with van der Waals surface area (Å²) in [5.41, 5.74) is 2.52. The predicted octanol–water partition coefficient (Wildman–Crippen LogP) is 4.67. The summed E-state index contributed by atoms with van der Waals surface area (Å²) in [6.07, 6.45) is -0.598. The number of ketones is 1. The van der Waals surface area contributed by atoms with Gasteiger partial charge in [-0.3, -0.25) is 9.59 Å². The van der Waals surface area contributed by atoms with Crippen molar-refractivity contribution in [1.29, 1.82) is 0 Å². The van der Waals surface area contributed by atoms with Crippen LogP contribution in [-0.2, 0) is 19.1 Å². The first-order chi connectivity index (χ1) is 13.3. The maximum atomic E-state index is 13.2. The van der Waals surface area contributed by atoms with Gasteiger partial charge in [-0.2, -0.15) is 13.2 Å². The van der Waals surface area contributed by atoms with Gasteiger partial charge in [-0.25, -0.2) is 0 Å². The smallest absolute Gasteiger partial charge is 0.354 e. The van der Waals surface area contributed by atoms with Crippen molar-refractivity contribution >= 4 is 11.7 Å². The Morgan fingerprint density at radius 1 is 1.18 bits per heavy atom. The van der Waals surface area contributed by atoms with Gasteiger partial charge in [-0.15, -0.1) is 0 Å². The molecule has 28 heavy (non-hydrogen) atoms. The molecule has 0 radical (unpaired) electrons. The van der Waals surface area contributed by atoms with E-state index in [1.54, 1.807) is 11.8 Å². The zero-order valence-electron chi connectivity index (χ0n) is 15.5. The van der Waals surface area contributed by atoms with Crippen molar-refractivity contribution in [2.45, 2.75) is 57.8 Å². The molecule has 2 aromatic rings. The Hall–Kier alpha value is -2.57. The summed E-state index contributed by atoms with van der Waals surface area (Å²) < 4.78 is 38.3. The molecule has 1 saturated carbocycles. The second-order valence-corrected chi connectivity index (χ2v) is 7.61. The fourth-order valence-corrected chi connectivity index (χ4v) is 3.88. The lowest BCUT2D eigenvalue weighted by molar-refractivity contribution is -0.137. The minimum Gasteiger partial charge on any atom is -0.354 e. The van der Waals surface area contributed by atoms with Crippen molar-refractivity contribution in [2.24, 2.45) is 0 Å². The molecular weight excluding hydrogens is 369 g/mol. The second-order valence-electron chi connectivity index (χ2n) is 7.61. The number of aryl methyl sites for hydroxylation is 1. The number of fused-ring (bicyclic) bond motifs is 1. The van der Waals surface area contributed by atoms with Crippen molar-refractivity contribution in [2.75, 3.05) is 0 Å². The third-order valence-corrected chi connectivity index (χ3v) is 5.53. The number of carbonyl (C=O) groups is 2. The van der Waals surface area contributed by atoms with Crippen LogP contribution in [-0.4, -0.2) is 27.6 Å². The molecule has 1 N–H and O–H groups in total. The maximum absolute atomic E-state index is 13.2. The van der Waals surface area contributed by atoms with Crippen LogP contribution < -0.4 is 0 Å². The number of alkyl halides is 3. The van der Waals surface area contributed by atoms with Crippen molar-refractivity contribution in [1.82, 2.24) is 9.88 Å². The number of aromatic amines is 1. The van der Waals surface area contributed by atoms with Gasteiger partial charge in [0.15, 0.2) is 5.78 Å². The Balaban J connectivity index is 1.59. The lowest BCUT2D eigenvalue weighted by Gasteiger charge is -2.23. The van der Waals surface area contributed by atoms with E-state index in [4.69, 9.17) is 0 Å². The Bertz CT molecular complexity index is 924. The van der Waals surface area contributed by atoms with E-state index in [1.807, 2.05) is 0 Å². The van der Waals surface area contributed by atoms with Gasteiger partial charge in [0, 0.05) is 30.3 Å². The Labute approximate surface area is 160 Å². The second kappa shape index (κ2) is 6.79. The minimum absolute atomic E-state index is 0.0646. The number of nitrogens with zero attached hydrogens (tertiary/aromatic N) is 1. The zero-order chi connectivity index (χ0) is 20.1. The van der Waals surface area contributed by atoms with E-state index in [9.17, 15) is 22.8 Å². The van der Waals surface area contributed by atoms with Crippen molar-refractivity contribution in [3.05, 3.63) is 57.9 Å². The van der Waals surface area contributed by atoms with E-state index >= 15 is 0 Å². The SMILES string of the molecule is Cc1c(C(=O)N(Cc2ccc(C(F)(F)F)cc2)C2CC2)[nH]c2c1C(=O)CCC2. The molecule has 4 rings (SSSR count). The Morgan fingerprint density at radius 3 is 2.43 bits per heavy atom. The molecule has 0 saturated heterocycles. The first kappa shape index (κ1) is 18.8. The average molecular weight is 390 g/mol. The number of Topliss-reactive ketones (excluding diaryl/α,β-unsaturated/α-hetero) is 1. The number of carbonyl (C=O) groups excluding carboxylic acids is 2. The van der Waals surface area contributed by atoms with Crippen molar-refractivity contribution < 1.29 is 22.8 Å². The summed E-state index contributed by atoms with van der Waals surface area (Å²) in [6, 6.07) is 5.01. The average Bonchev–Trinajstić information content (AvgIpc) is 3.42. The number of amides is 1. The molecule has 1 amide bonds. The highest BCUT2D eigenvalue weighted by atomic mass is 19.4. The molecule has 4 nitrogen and oxygen atoms in total. The molecule has 2 aliphatic carbocycles. The monoisotopic (exact) mass is 390 g/mol. The number of hydrogen-bond acceptors (Lipinski definition) is 2. The standard InChI is InChI=1S/C21H21F3N2O2/c1-12-18-16(3-2-4-17(18)27)25-19(12)20(28)26(15-9-10-15)11-13-5-7-14(8-6-13)21(22,23)24/h5-8,15,25H,2-4,9-11H2,1H3. The topological polar surface area (TPSA) is 53.2 Å². The number of hydrogen-bond donors (Lipinski definition) is 1. The fraction of sp³-hybridized carbons (Fsp3) is 0.429. The van der Waals surface area contributed by atoms with Gasteiger partial charge in [0.2, 0.25) is 0 Å². The number of benzene rings is 1. The molecule has 0 atom stereocenters. The van der Waals surface area contributed by atoms with E-state index in [1.165, 1.54) is 12.1 Å². The van der Waals surface area contributed by atoms with Crippen LogP contribution in [0.25, 0.3) is 0 Å².